The lowest BCUT2D eigenvalue weighted by atomic mass is 10.2. The van der Waals surface area contributed by atoms with Crippen LogP contribution >= 0.6 is 11.8 Å². The van der Waals surface area contributed by atoms with Gasteiger partial charge >= 0.3 is 5.97 Å². The fraction of sp³-hybridized carbons (Fsp3) is 0. The van der Waals surface area contributed by atoms with E-state index in [1.165, 1.54) is 18.2 Å². The van der Waals surface area contributed by atoms with Gasteiger partial charge in [0.2, 0.25) is 0 Å². The summed E-state index contributed by atoms with van der Waals surface area (Å²) in [7, 11) is 0. The van der Waals surface area contributed by atoms with Gasteiger partial charge in [0.1, 0.15) is 0 Å². The third-order valence-corrected chi connectivity index (χ3v) is 3.67. The van der Waals surface area contributed by atoms with Crippen LogP contribution in [0, 0.1) is 10.1 Å². The fourth-order valence-corrected chi connectivity index (χ4v) is 2.56. The minimum Gasteiger partial charge on any atom is -0.477 e. The molecule has 0 bridgehead atoms. The summed E-state index contributed by atoms with van der Waals surface area (Å²) in [5.41, 5.74) is 0.615. The molecule has 0 heterocycles. The van der Waals surface area contributed by atoms with Crippen LogP contribution in [0.5, 0.6) is 0 Å². The number of nitrogens with zero attached hydrogens (tertiary/aromatic N) is 1. The van der Waals surface area contributed by atoms with Crippen molar-refractivity contribution in [3.8, 4) is 0 Å². The molecular formula is C15H11NO4S. The van der Waals surface area contributed by atoms with E-state index in [2.05, 4.69) is 0 Å². The predicted octanol–water partition coefficient (Wildman–Crippen LogP) is 3.81. The van der Waals surface area contributed by atoms with E-state index >= 15 is 0 Å². The minimum atomic E-state index is -1.12. The second-order valence-electron chi connectivity index (χ2n) is 4.05. The molecule has 0 saturated carbocycles. The van der Waals surface area contributed by atoms with E-state index in [4.69, 9.17) is 0 Å². The molecule has 2 aromatic carbocycles. The number of carboxylic acid groups (broad SMARTS) is 1. The topological polar surface area (TPSA) is 80.4 Å². The summed E-state index contributed by atoms with van der Waals surface area (Å²) in [6.07, 6.45) is 1.49. The highest BCUT2D eigenvalue weighted by Crippen LogP contribution is 2.34. The Morgan fingerprint density at radius 1 is 1.10 bits per heavy atom. The van der Waals surface area contributed by atoms with Gasteiger partial charge in [0.15, 0.2) is 0 Å². The van der Waals surface area contributed by atoms with E-state index in [1.54, 1.807) is 36.4 Å². The molecule has 0 amide bonds. The Balaban J connectivity index is 2.36. The lowest BCUT2D eigenvalue weighted by molar-refractivity contribution is -0.387. The highest BCUT2D eigenvalue weighted by atomic mass is 32.2. The van der Waals surface area contributed by atoms with E-state index in [1.807, 2.05) is 6.07 Å². The van der Waals surface area contributed by atoms with Crippen LogP contribution in [-0.2, 0) is 4.79 Å². The molecule has 106 valence electrons. The average Bonchev–Trinajstić information content (AvgIpc) is 2.48. The number of nitro groups is 1. The van der Waals surface area contributed by atoms with Crippen molar-refractivity contribution in [3.63, 3.8) is 0 Å². The van der Waals surface area contributed by atoms with E-state index in [0.29, 0.717) is 4.90 Å². The number of para-hydroxylation sites is 1. The Kier molecular flexibility index (Phi) is 4.73. The van der Waals surface area contributed by atoms with Gasteiger partial charge in [-0.15, -0.1) is 0 Å². The van der Waals surface area contributed by atoms with Gasteiger partial charge in [-0.1, -0.05) is 54.2 Å². The molecule has 0 aromatic heterocycles. The van der Waals surface area contributed by atoms with Crippen LogP contribution in [0.2, 0.25) is 0 Å². The molecule has 0 unspecified atom stereocenters. The Morgan fingerprint density at radius 3 is 2.33 bits per heavy atom. The molecule has 0 atom stereocenters. The summed E-state index contributed by atoms with van der Waals surface area (Å²) < 4.78 is 0. The Bertz CT molecular complexity index is 698. The SMILES string of the molecule is O=C(O)C(=Cc1ccccc1)Sc1ccccc1[N+](=O)[O-]. The number of carbonyl (C=O) groups is 1. The monoisotopic (exact) mass is 301 g/mol. The number of hydrogen-bond donors (Lipinski definition) is 1. The first-order valence-electron chi connectivity index (χ1n) is 5.99. The van der Waals surface area contributed by atoms with Crippen LogP contribution in [0.1, 0.15) is 5.56 Å². The first-order chi connectivity index (χ1) is 10.1. The maximum Gasteiger partial charge on any atom is 0.342 e. The normalized spacial score (nSPS) is 11.1. The van der Waals surface area contributed by atoms with Crippen molar-refractivity contribution in [2.75, 3.05) is 0 Å². The smallest absolute Gasteiger partial charge is 0.342 e. The van der Waals surface area contributed by atoms with E-state index in [0.717, 1.165) is 17.3 Å². The third kappa shape index (κ3) is 3.93. The summed E-state index contributed by atoms with van der Waals surface area (Å²) in [5, 5.41) is 20.2. The van der Waals surface area contributed by atoms with Gasteiger partial charge < -0.3 is 5.11 Å². The van der Waals surface area contributed by atoms with Crippen molar-refractivity contribution in [2.45, 2.75) is 4.90 Å². The van der Waals surface area contributed by atoms with E-state index in [9.17, 15) is 20.0 Å². The molecule has 0 fully saturated rings. The maximum atomic E-state index is 11.3. The number of carboxylic acids is 1. The zero-order chi connectivity index (χ0) is 15.2. The quantitative estimate of drug-likeness (QED) is 0.393. The number of thioether (sulfide) groups is 1. The van der Waals surface area contributed by atoms with Crippen molar-refractivity contribution in [3.05, 3.63) is 75.2 Å². The Labute approximate surface area is 125 Å². The molecule has 5 nitrogen and oxygen atoms in total. The molecule has 0 aliphatic carbocycles. The zero-order valence-corrected chi connectivity index (χ0v) is 11.6. The fourth-order valence-electron chi connectivity index (χ4n) is 1.65. The largest absolute Gasteiger partial charge is 0.477 e. The number of rotatable bonds is 5. The summed E-state index contributed by atoms with van der Waals surface area (Å²) >= 11 is 0.867. The molecule has 2 aromatic rings. The summed E-state index contributed by atoms with van der Waals surface area (Å²) in [6, 6.07) is 15.0. The van der Waals surface area contributed by atoms with Gasteiger partial charge in [-0.05, 0) is 17.7 Å². The van der Waals surface area contributed by atoms with Crippen molar-refractivity contribution in [1.82, 2.24) is 0 Å². The average molecular weight is 301 g/mol. The standard InChI is InChI=1S/C15H11NO4S/c17-15(18)14(10-11-6-2-1-3-7-11)21-13-9-5-4-8-12(13)16(19)20/h1-10H,(H,17,18). The van der Waals surface area contributed by atoms with E-state index in [-0.39, 0.29) is 10.6 Å². The second-order valence-corrected chi connectivity index (χ2v) is 5.14. The second kappa shape index (κ2) is 6.71. The van der Waals surface area contributed by atoms with Gasteiger partial charge in [0, 0.05) is 6.07 Å². The lowest BCUT2D eigenvalue weighted by Crippen LogP contribution is -1.98. The zero-order valence-electron chi connectivity index (χ0n) is 10.8. The van der Waals surface area contributed by atoms with Crippen molar-refractivity contribution >= 4 is 29.5 Å². The molecule has 0 radical (unpaired) electrons. The van der Waals surface area contributed by atoms with Crippen LogP contribution in [0.3, 0.4) is 0 Å². The van der Waals surface area contributed by atoms with Crippen molar-refractivity contribution in [1.29, 1.82) is 0 Å². The first kappa shape index (κ1) is 14.8. The first-order valence-corrected chi connectivity index (χ1v) is 6.81. The molecule has 6 heteroatoms. The van der Waals surface area contributed by atoms with Crippen LogP contribution in [0.15, 0.2) is 64.4 Å². The molecular weight excluding hydrogens is 290 g/mol. The lowest BCUT2D eigenvalue weighted by Gasteiger charge is -2.04. The van der Waals surface area contributed by atoms with E-state index < -0.39 is 10.9 Å². The molecule has 0 aliphatic rings. The highest BCUT2D eigenvalue weighted by molar-refractivity contribution is 8.04. The number of aliphatic carboxylic acids is 1. The molecule has 21 heavy (non-hydrogen) atoms. The molecule has 2 rings (SSSR count). The van der Waals surface area contributed by atoms with Crippen LogP contribution in [0.4, 0.5) is 5.69 Å². The van der Waals surface area contributed by atoms with Crippen LogP contribution in [-0.4, -0.2) is 16.0 Å². The third-order valence-electron chi connectivity index (χ3n) is 2.59. The highest BCUT2D eigenvalue weighted by Gasteiger charge is 2.17. The summed E-state index contributed by atoms with van der Waals surface area (Å²) in [5.74, 6) is -1.12. The van der Waals surface area contributed by atoms with Gasteiger partial charge in [-0.3, -0.25) is 10.1 Å². The van der Waals surface area contributed by atoms with Gasteiger partial charge in [-0.2, -0.15) is 0 Å². The number of nitro benzene ring substituents is 1. The Morgan fingerprint density at radius 2 is 1.71 bits per heavy atom. The summed E-state index contributed by atoms with van der Waals surface area (Å²) in [4.78, 5) is 22.1. The van der Waals surface area contributed by atoms with Gasteiger partial charge in [0.05, 0.1) is 14.7 Å². The van der Waals surface area contributed by atoms with Crippen molar-refractivity contribution in [2.24, 2.45) is 0 Å². The number of benzene rings is 2. The van der Waals surface area contributed by atoms with Crippen LogP contribution < -0.4 is 0 Å². The minimum absolute atomic E-state index is 0.0236. The summed E-state index contributed by atoms with van der Waals surface area (Å²) in [6.45, 7) is 0. The maximum absolute atomic E-state index is 11.3. The predicted molar refractivity (Wildman–Crippen MR) is 81.0 cm³/mol. The Hall–Kier alpha value is -2.60. The van der Waals surface area contributed by atoms with Gasteiger partial charge in [0.25, 0.3) is 5.69 Å². The molecule has 0 spiro atoms. The van der Waals surface area contributed by atoms with Crippen molar-refractivity contribution < 1.29 is 14.8 Å². The molecule has 0 aliphatic heterocycles. The molecule has 0 saturated heterocycles. The molecule has 1 N–H and O–H groups in total. The number of hydrogen-bond acceptors (Lipinski definition) is 4. The van der Waals surface area contributed by atoms with Gasteiger partial charge in [-0.25, -0.2) is 4.79 Å². The van der Waals surface area contributed by atoms with Crippen LogP contribution in [0.25, 0.3) is 6.08 Å².